The van der Waals surface area contributed by atoms with Crippen molar-refractivity contribution < 1.29 is 4.39 Å². The van der Waals surface area contributed by atoms with Crippen LogP contribution in [0.2, 0.25) is 0 Å². The van der Waals surface area contributed by atoms with Gasteiger partial charge in [-0.25, -0.2) is 4.39 Å². The van der Waals surface area contributed by atoms with Crippen LogP contribution in [0.25, 0.3) is 0 Å². The molecule has 1 aromatic rings. The highest BCUT2D eigenvalue weighted by Gasteiger charge is 2.33. The van der Waals surface area contributed by atoms with Crippen molar-refractivity contribution in [1.82, 2.24) is 0 Å². The third-order valence-corrected chi connectivity index (χ3v) is 4.10. The lowest BCUT2D eigenvalue weighted by atomic mass is 9.67. The summed E-state index contributed by atoms with van der Waals surface area (Å²) in [5, 5.41) is 0. The van der Waals surface area contributed by atoms with E-state index in [0.717, 1.165) is 19.3 Å². The summed E-state index contributed by atoms with van der Waals surface area (Å²) in [6, 6.07) is 5.34. The molecule has 1 aromatic carbocycles. The molecule has 1 aliphatic carbocycles. The molecule has 1 aliphatic rings. The van der Waals surface area contributed by atoms with Gasteiger partial charge < -0.3 is 0 Å². The molecule has 0 nitrogen and oxygen atoms in total. The van der Waals surface area contributed by atoms with Gasteiger partial charge >= 0.3 is 0 Å². The number of aryl methyl sites for hydroxylation is 1. The van der Waals surface area contributed by atoms with Gasteiger partial charge in [0.15, 0.2) is 0 Å². The van der Waals surface area contributed by atoms with Crippen molar-refractivity contribution in [2.24, 2.45) is 0 Å². The highest BCUT2D eigenvalue weighted by molar-refractivity contribution is 5.37. The van der Waals surface area contributed by atoms with Crippen LogP contribution in [0.3, 0.4) is 0 Å². The Morgan fingerprint density at radius 3 is 2.67 bits per heavy atom. The first kappa shape index (κ1) is 10.7. The largest absolute Gasteiger partial charge is 0.207 e. The first-order valence-electron chi connectivity index (χ1n) is 6.01. The Bertz CT molecular complexity index is 350. The lowest BCUT2D eigenvalue weighted by Gasteiger charge is -2.38. The van der Waals surface area contributed by atoms with Gasteiger partial charge in [-0.05, 0) is 60.8 Å². The minimum absolute atomic E-state index is 0.0816. The number of fused-ring (bicyclic) bond motifs is 1. The lowest BCUT2D eigenvalue weighted by Crippen LogP contribution is -2.29. The lowest BCUT2D eigenvalue weighted by molar-refractivity contribution is 0.333. The molecule has 0 aromatic heterocycles. The van der Waals surface area contributed by atoms with Gasteiger partial charge in [0, 0.05) is 0 Å². The van der Waals surface area contributed by atoms with E-state index in [0.29, 0.717) is 0 Å². The summed E-state index contributed by atoms with van der Waals surface area (Å²) in [6.45, 7) is 4.45. The summed E-state index contributed by atoms with van der Waals surface area (Å²) in [4.78, 5) is 0. The topological polar surface area (TPSA) is 0 Å². The van der Waals surface area contributed by atoms with Gasteiger partial charge in [-0.2, -0.15) is 0 Å². The van der Waals surface area contributed by atoms with Gasteiger partial charge in [-0.1, -0.05) is 19.9 Å². The second-order valence-electron chi connectivity index (χ2n) is 4.64. The fraction of sp³-hybridized carbons (Fsp3) is 0.571. The number of hydrogen-bond acceptors (Lipinski definition) is 0. The molecule has 0 fully saturated rings. The van der Waals surface area contributed by atoms with E-state index in [9.17, 15) is 4.39 Å². The van der Waals surface area contributed by atoms with Gasteiger partial charge in [-0.3, -0.25) is 0 Å². The van der Waals surface area contributed by atoms with Gasteiger partial charge in [0.2, 0.25) is 0 Å². The molecule has 82 valence electrons. The van der Waals surface area contributed by atoms with Crippen LogP contribution in [0.5, 0.6) is 0 Å². The number of rotatable bonds is 2. The molecular weight excluding hydrogens is 187 g/mol. The SMILES string of the molecule is CCC1(CC)CCCc2ccc(F)cc21. The minimum atomic E-state index is -0.0816. The summed E-state index contributed by atoms with van der Waals surface area (Å²) in [7, 11) is 0. The Labute approximate surface area is 91.5 Å². The highest BCUT2D eigenvalue weighted by Crippen LogP contribution is 2.42. The van der Waals surface area contributed by atoms with E-state index < -0.39 is 0 Å². The smallest absolute Gasteiger partial charge is 0.123 e. The molecule has 15 heavy (non-hydrogen) atoms. The normalized spacial score (nSPS) is 18.6. The zero-order valence-electron chi connectivity index (χ0n) is 9.65. The molecule has 0 saturated carbocycles. The summed E-state index contributed by atoms with van der Waals surface area (Å²) < 4.78 is 13.3. The highest BCUT2D eigenvalue weighted by atomic mass is 19.1. The quantitative estimate of drug-likeness (QED) is 0.679. The van der Waals surface area contributed by atoms with Crippen molar-refractivity contribution >= 4 is 0 Å². The van der Waals surface area contributed by atoms with E-state index in [2.05, 4.69) is 13.8 Å². The molecule has 1 heteroatoms. The van der Waals surface area contributed by atoms with Crippen molar-refractivity contribution in [2.45, 2.75) is 51.4 Å². The fourth-order valence-corrected chi connectivity index (χ4v) is 3.00. The summed E-state index contributed by atoms with van der Waals surface area (Å²) >= 11 is 0. The summed E-state index contributed by atoms with van der Waals surface area (Å²) in [5.74, 6) is -0.0816. The van der Waals surface area contributed by atoms with E-state index >= 15 is 0 Å². The second kappa shape index (κ2) is 3.96. The summed E-state index contributed by atoms with van der Waals surface area (Å²) in [6.07, 6.45) is 5.84. The average Bonchev–Trinajstić information content (AvgIpc) is 2.28. The Balaban J connectivity index is 2.53. The molecule has 0 amide bonds. The van der Waals surface area contributed by atoms with Gasteiger partial charge in [0.1, 0.15) is 5.82 Å². The zero-order chi connectivity index (χ0) is 10.9. The van der Waals surface area contributed by atoms with Crippen LogP contribution in [-0.2, 0) is 11.8 Å². The fourth-order valence-electron chi connectivity index (χ4n) is 3.00. The molecule has 0 aliphatic heterocycles. The van der Waals surface area contributed by atoms with Crippen LogP contribution in [0.1, 0.15) is 50.7 Å². The first-order valence-corrected chi connectivity index (χ1v) is 6.01. The third-order valence-electron chi connectivity index (χ3n) is 4.10. The summed E-state index contributed by atoms with van der Waals surface area (Å²) in [5.41, 5.74) is 2.89. The zero-order valence-corrected chi connectivity index (χ0v) is 9.65. The van der Waals surface area contributed by atoms with Crippen LogP contribution in [0, 0.1) is 5.82 Å². The van der Waals surface area contributed by atoms with Crippen molar-refractivity contribution in [2.75, 3.05) is 0 Å². The van der Waals surface area contributed by atoms with Gasteiger partial charge in [0.05, 0.1) is 0 Å². The maximum Gasteiger partial charge on any atom is 0.123 e. The Kier molecular flexibility index (Phi) is 2.81. The molecular formula is C14H19F. The van der Waals surface area contributed by atoms with Crippen molar-refractivity contribution in [3.8, 4) is 0 Å². The molecule has 0 bridgehead atoms. The van der Waals surface area contributed by atoms with Crippen LogP contribution < -0.4 is 0 Å². The molecule has 0 unspecified atom stereocenters. The van der Waals surface area contributed by atoms with Crippen molar-refractivity contribution in [3.63, 3.8) is 0 Å². The molecule has 0 atom stereocenters. The Morgan fingerprint density at radius 2 is 2.00 bits per heavy atom. The average molecular weight is 206 g/mol. The number of halogens is 1. The monoisotopic (exact) mass is 206 g/mol. The van der Waals surface area contributed by atoms with Crippen LogP contribution in [0.15, 0.2) is 18.2 Å². The molecule has 0 radical (unpaired) electrons. The van der Waals surface area contributed by atoms with Gasteiger partial charge in [0.25, 0.3) is 0 Å². The second-order valence-corrected chi connectivity index (χ2v) is 4.64. The first-order chi connectivity index (χ1) is 7.22. The van der Waals surface area contributed by atoms with Crippen LogP contribution in [-0.4, -0.2) is 0 Å². The molecule has 0 heterocycles. The molecule has 0 spiro atoms. The van der Waals surface area contributed by atoms with Crippen LogP contribution >= 0.6 is 0 Å². The predicted molar refractivity (Wildman–Crippen MR) is 61.6 cm³/mol. The van der Waals surface area contributed by atoms with Crippen molar-refractivity contribution in [3.05, 3.63) is 35.1 Å². The molecule has 0 saturated heterocycles. The number of benzene rings is 1. The minimum Gasteiger partial charge on any atom is -0.207 e. The van der Waals surface area contributed by atoms with E-state index in [4.69, 9.17) is 0 Å². The molecule has 0 N–H and O–H groups in total. The van der Waals surface area contributed by atoms with E-state index in [1.165, 1.54) is 24.0 Å². The van der Waals surface area contributed by atoms with E-state index in [1.807, 2.05) is 6.07 Å². The predicted octanol–water partition coefficient (Wildman–Crippen LogP) is 4.22. The Hall–Kier alpha value is -0.850. The molecule has 2 rings (SSSR count). The van der Waals surface area contributed by atoms with E-state index in [1.54, 1.807) is 12.1 Å². The van der Waals surface area contributed by atoms with Gasteiger partial charge in [-0.15, -0.1) is 0 Å². The maximum atomic E-state index is 13.3. The van der Waals surface area contributed by atoms with E-state index in [-0.39, 0.29) is 11.2 Å². The Morgan fingerprint density at radius 1 is 1.27 bits per heavy atom. The standard InChI is InChI=1S/C14H19F/c1-3-14(4-2)9-5-6-11-7-8-12(15)10-13(11)14/h7-8,10H,3-6,9H2,1-2H3. The third kappa shape index (κ3) is 1.68. The number of hydrogen-bond donors (Lipinski definition) is 0. The maximum absolute atomic E-state index is 13.3. The van der Waals surface area contributed by atoms with Crippen molar-refractivity contribution in [1.29, 1.82) is 0 Å². The van der Waals surface area contributed by atoms with Crippen LogP contribution in [0.4, 0.5) is 4.39 Å².